The molecule has 0 aliphatic carbocycles. The number of amides is 5. The molecular formula is C102H163N11O20. The van der Waals surface area contributed by atoms with Gasteiger partial charge in [0, 0.05) is 102 Å². The van der Waals surface area contributed by atoms with Crippen molar-refractivity contribution < 1.29 is 85.6 Å². The Hall–Kier alpha value is -9.22. The fourth-order valence-corrected chi connectivity index (χ4v) is 14.4. The number of nitrogens with one attached hydrogen (secondary N) is 3. The van der Waals surface area contributed by atoms with Crippen molar-refractivity contribution in [1.82, 2.24) is 54.5 Å². The standard InChI is InChI=1S/C19H30N2O3.C19H29NO4.C16H26N2O4.3C15H22N2O3.3CH4/c1-13-11-20(14(2)21(17(13)22)18(3,4)5)16-10-9-15(24-16)12-23-19(6,7)8;1-12(2)8-16-18(21)14(5)9-20(19(16)22)17-7-6-15(24-17)11-23-10-13(3)4;1-10(2)18-15(19)12(5)8-17(16(18)20)14-7-6-13(22-14)9-21-11(3)4;1-10-8-17(11(2)16-14(10)18)13-7-6-12(20-13)9-19-15(3,4)5;1-10(2)8-19-9-13-5-6-14(20-13)17-7-11(3)15(18)16-12(17)4;1-4-5-8-19-10-13-6-7-14(20-13)17-9-11(2)15(18)16-12(17)3;;;/h9-11,15-16H,2,12H2,1,3-8H3;6-7,9,12-13,15-17H,8,10-11H2,1-5H3;8,10-11,13-14H,6-7,9H2,1-5H3;6-8,12-13H,2,9H2,1,3-5H3,(H,16,18);5-7,10,13-14H,4,8-9H2,1-3H3,(H,16,18);6-7,9,13-14H,3-5,8,10H2,1-2H3,(H,16,18);3*1H4/t15-,16+;15-,16?,17+;13-,14+;12-,13+;2*13-,14+;;;/m000000.../s1. The predicted octanol–water partition coefficient (Wildman–Crippen LogP) is 15.8. The Morgan fingerprint density at radius 3 is 1.20 bits per heavy atom. The number of hydrogen-bond acceptors (Lipinski definition) is 24. The van der Waals surface area contributed by atoms with Gasteiger partial charge in [-0.25, -0.2) is 4.79 Å². The zero-order valence-corrected chi connectivity index (χ0v) is 82.1. The SMILES string of the molecule is C.C.C.C=C1N([C@H]2C=C[C@@H](COC(C)(C)C)O2)C=C(C)C(=O)N1C(C)(C)C.C=C1NC(=O)C(C)=CN1[C@H]1C=C[C@@H](COC(C)(C)C)O1.C=C1NC(=O)C(C)=CN1[C@H]1C=C[C@@H](COCC(C)C)O1.C=C1NC(=O)C(C)=CN1[C@H]1C=C[C@@H](COCCCC)O1.CC1=CN([C@H]2C=C[C@@H](COCC(C)C)O2)C(=O)C(CC(C)C)C1=O.Cc1cn([C@H]2CC[C@@H](COC(C)C)O2)c(=O)n(C(C)C)c1=O. The first-order valence-corrected chi connectivity index (χ1v) is 45.6. The van der Waals surface area contributed by atoms with Crippen LogP contribution in [0.3, 0.4) is 0 Å². The van der Waals surface area contributed by atoms with Gasteiger partial charge in [-0.3, -0.25) is 52.5 Å². The molecule has 12 rings (SSSR count). The lowest BCUT2D eigenvalue weighted by molar-refractivity contribution is -0.149. The van der Waals surface area contributed by atoms with Gasteiger partial charge < -0.3 is 92.4 Å². The maximum atomic E-state index is 12.7. The zero-order valence-electron chi connectivity index (χ0n) is 82.1. The Morgan fingerprint density at radius 2 is 0.827 bits per heavy atom. The maximum absolute atomic E-state index is 12.7. The number of aryl methyl sites for hydroxylation is 1. The smallest absolute Gasteiger partial charge is 0.333 e. The van der Waals surface area contributed by atoms with Crippen molar-refractivity contribution in [3.8, 4) is 0 Å². The van der Waals surface area contributed by atoms with Crippen LogP contribution in [0.1, 0.15) is 245 Å². The minimum Gasteiger partial charge on any atom is -0.378 e. The Labute approximate surface area is 793 Å². The van der Waals surface area contributed by atoms with E-state index in [1.54, 1.807) is 80.0 Å². The van der Waals surface area contributed by atoms with E-state index in [0.717, 1.165) is 38.9 Å². The summed E-state index contributed by atoms with van der Waals surface area (Å²) in [6, 6.07) is -0.173. The van der Waals surface area contributed by atoms with Gasteiger partial charge in [-0.1, -0.05) is 134 Å². The van der Waals surface area contributed by atoms with E-state index in [0.29, 0.717) is 121 Å². The highest BCUT2D eigenvalue weighted by Gasteiger charge is 2.43. The summed E-state index contributed by atoms with van der Waals surface area (Å²) in [6.45, 7) is 71.9. The highest BCUT2D eigenvalue weighted by atomic mass is 16.6. The molecule has 0 bridgehead atoms. The van der Waals surface area contributed by atoms with Gasteiger partial charge in [0.25, 0.3) is 29.2 Å². The molecule has 0 aromatic carbocycles. The molecule has 31 heteroatoms. The van der Waals surface area contributed by atoms with Crippen molar-refractivity contribution in [3.63, 3.8) is 0 Å². The summed E-state index contributed by atoms with van der Waals surface area (Å²) in [5.41, 5.74) is 2.47. The highest BCUT2D eigenvalue weighted by molar-refractivity contribution is 6.12. The quantitative estimate of drug-likeness (QED) is 0.0381. The molecule has 3 N–H and O–H groups in total. The lowest BCUT2D eigenvalue weighted by Gasteiger charge is -2.45. The third-order valence-electron chi connectivity index (χ3n) is 21.2. The van der Waals surface area contributed by atoms with Gasteiger partial charge in [0.15, 0.2) is 36.9 Å². The van der Waals surface area contributed by atoms with Crippen molar-refractivity contribution in [1.29, 1.82) is 0 Å². The van der Waals surface area contributed by atoms with E-state index in [4.69, 9.17) is 56.8 Å². The molecule has 1 saturated heterocycles. The molecule has 1 aromatic rings. The van der Waals surface area contributed by atoms with Crippen LogP contribution in [-0.2, 0) is 85.6 Å². The Bertz CT molecular complexity index is 4570. The molecule has 12 heterocycles. The van der Waals surface area contributed by atoms with E-state index in [-0.39, 0.29) is 171 Å². The van der Waals surface area contributed by atoms with Crippen LogP contribution >= 0.6 is 0 Å². The third kappa shape index (κ3) is 35.1. The van der Waals surface area contributed by atoms with Crippen LogP contribution in [0.2, 0.25) is 0 Å². The van der Waals surface area contributed by atoms with Crippen LogP contribution in [0.5, 0.6) is 0 Å². The van der Waals surface area contributed by atoms with E-state index in [9.17, 15) is 38.4 Å². The number of Topliss-reactive ketones (excluding diaryl/α,β-unsaturated/α-hetero) is 1. The largest absolute Gasteiger partial charge is 0.378 e. The van der Waals surface area contributed by atoms with E-state index in [1.807, 2.05) is 197 Å². The van der Waals surface area contributed by atoms with Crippen LogP contribution < -0.4 is 27.2 Å². The summed E-state index contributed by atoms with van der Waals surface area (Å²) in [5, 5.41) is 8.12. The van der Waals surface area contributed by atoms with Crippen molar-refractivity contribution in [2.75, 3.05) is 59.5 Å². The lowest BCUT2D eigenvalue weighted by atomic mass is 9.87. The number of ether oxygens (including phenoxy) is 12. The topological polar surface area (TPSA) is 313 Å². The molecule has 11 aliphatic rings. The molecule has 746 valence electrons. The maximum Gasteiger partial charge on any atom is 0.333 e. The molecule has 1 fully saturated rings. The second kappa shape index (κ2) is 52.8. The second-order valence-corrected chi connectivity index (χ2v) is 38.7. The Balaban J connectivity index is 0.000000333. The van der Waals surface area contributed by atoms with Crippen molar-refractivity contribution >= 4 is 35.3 Å². The summed E-state index contributed by atoms with van der Waals surface area (Å²) >= 11 is 0. The van der Waals surface area contributed by atoms with Crippen LogP contribution in [0.25, 0.3) is 0 Å². The van der Waals surface area contributed by atoms with Gasteiger partial charge in [-0.05, 0) is 205 Å². The number of rotatable bonds is 29. The molecule has 11 aliphatic heterocycles. The monoisotopic (exact) mass is 1860 g/mol. The average molecular weight is 1860 g/mol. The van der Waals surface area contributed by atoms with Crippen molar-refractivity contribution in [2.24, 2.45) is 23.7 Å². The Morgan fingerprint density at radius 1 is 0.451 bits per heavy atom. The first-order valence-electron chi connectivity index (χ1n) is 45.6. The minimum absolute atomic E-state index is 0. The summed E-state index contributed by atoms with van der Waals surface area (Å²) < 4.78 is 72.2. The van der Waals surface area contributed by atoms with Crippen LogP contribution in [0.15, 0.2) is 185 Å². The predicted molar refractivity (Wildman–Crippen MR) is 520 cm³/mol. The number of nitrogens with zero attached hydrogens (tertiary/aromatic N) is 8. The van der Waals surface area contributed by atoms with Gasteiger partial charge in [-0.15, -0.1) is 0 Å². The molecule has 0 radical (unpaired) electrons. The third-order valence-corrected chi connectivity index (χ3v) is 21.2. The fraction of sp³-hybridized carbons (Fsp3) is 0.627. The van der Waals surface area contributed by atoms with Crippen molar-refractivity contribution in [2.45, 2.75) is 337 Å². The number of carbonyl (C=O) groups is 6. The van der Waals surface area contributed by atoms with E-state index in [2.05, 4.69) is 76.9 Å². The summed E-state index contributed by atoms with van der Waals surface area (Å²) in [7, 11) is 0. The lowest BCUT2D eigenvalue weighted by Crippen LogP contribution is -2.53. The number of aromatic nitrogens is 2. The van der Waals surface area contributed by atoms with E-state index >= 15 is 0 Å². The molecule has 13 atom stereocenters. The number of ketones is 1. The number of hydrogen-bond donors (Lipinski definition) is 3. The van der Waals surface area contributed by atoms with Gasteiger partial charge in [0.1, 0.15) is 65.9 Å². The zero-order chi connectivity index (χ0) is 96.7. The first kappa shape index (κ1) is 116. The van der Waals surface area contributed by atoms with Crippen LogP contribution in [0, 0.1) is 30.6 Å². The summed E-state index contributed by atoms with van der Waals surface area (Å²) in [4.78, 5) is 107. The molecule has 5 amide bonds. The van der Waals surface area contributed by atoms with E-state index in [1.165, 1.54) is 4.57 Å². The molecule has 31 nitrogen and oxygen atoms in total. The van der Waals surface area contributed by atoms with Crippen molar-refractivity contribution in [3.05, 3.63) is 202 Å². The highest BCUT2D eigenvalue weighted by Crippen LogP contribution is 2.35. The fourth-order valence-electron chi connectivity index (χ4n) is 14.4. The molecule has 0 spiro atoms. The van der Waals surface area contributed by atoms with Gasteiger partial charge in [0.05, 0.1) is 63.1 Å². The van der Waals surface area contributed by atoms with Gasteiger partial charge in [-0.2, -0.15) is 0 Å². The normalized spacial score (nSPS) is 25.1. The van der Waals surface area contributed by atoms with Crippen LogP contribution in [-0.4, -0.2) is 224 Å². The molecular weight excluding hydrogens is 1700 g/mol. The number of carbonyl (C=O) groups excluding carboxylic acids is 6. The summed E-state index contributed by atoms with van der Waals surface area (Å²) in [6.07, 6.45) is 32.2. The molecule has 0 saturated carbocycles. The molecule has 133 heavy (non-hydrogen) atoms. The first-order chi connectivity index (χ1) is 60.8. The Kier molecular flexibility index (Phi) is 46.1. The average Bonchev–Trinajstić information content (AvgIpc) is 1.33. The minimum atomic E-state index is -0.594. The van der Waals surface area contributed by atoms with Gasteiger partial charge >= 0.3 is 5.69 Å². The number of allylic oxidation sites excluding steroid dienone is 1. The number of unbranched alkanes of at least 4 members (excludes halogenated alkanes) is 1. The van der Waals surface area contributed by atoms with Crippen LogP contribution in [0.4, 0.5) is 0 Å². The summed E-state index contributed by atoms with van der Waals surface area (Å²) in [5.74, 6) is 2.27. The van der Waals surface area contributed by atoms with Gasteiger partial charge in [0.2, 0.25) is 5.91 Å². The second-order valence-electron chi connectivity index (χ2n) is 38.7. The molecule has 1 unspecified atom stereocenters. The van der Waals surface area contributed by atoms with E-state index < -0.39 is 12.1 Å². The molecule has 1 aromatic heterocycles.